The summed E-state index contributed by atoms with van der Waals surface area (Å²) in [5.74, 6) is 0. The summed E-state index contributed by atoms with van der Waals surface area (Å²) in [5.41, 5.74) is 3.93. The Bertz CT molecular complexity index is 1470. The Morgan fingerprint density at radius 2 is 1.56 bits per heavy atom. The van der Waals surface area contributed by atoms with Crippen molar-refractivity contribution in [3.8, 4) is 11.1 Å². The molecule has 1 aliphatic rings. The molecule has 6 rings (SSSR count). The van der Waals surface area contributed by atoms with E-state index in [1.807, 2.05) is 11.3 Å². The van der Waals surface area contributed by atoms with Gasteiger partial charge in [-0.3, -0.25) is 0 Å². The van der Waals surface area contributed by atoms with E-state index < -0.39 is 0 Å². The molecule has 1 nitrogen and oxygen atoms in total. The van der Waals surface area contributed by atoms with Gasteiger partial charge in [0.1, 0.15) is 0 Å². The first-order chi connectivity index (χ1) is 15.3. The summed E-state index contributed by atoms with van der Waals surface area (Å²) in [4.78, 5) is 0. The lowest BCUT2D eigenvalue weighted by molar-refractivity contribution is 0.0375. The minimum Gasteiger partial charge on any atom is -0.426 e. The van der Waals surface area contributed by atoms with Crippen molar-refractivity contribution in [2.24, 2.45) is 5.41 Å². The predicted molar refractivity (Wildman–Crippen MR) is 141 cm³/mol. The topological polar surface area (TPSA) is 9.23 Å². The van der Waals surface area contributed by atoms with E-state index in [2.05, 4.69) is 107 Å². The van der Waals surface area contributed by atoms with Crippen LogP contribution < -0.4 is 5.46 Å². The Morgan fingerprint density at radius 3 is 2.38 bits per heavy atom. The molecule has 158 valence electrons. The molecule has 0 aliphatic carbocycles. The van der Waals surface area contributed by atoms with Gasteiger partial charge >= 0.3 is 6.92 Å². The molecule has 1 aromatic heterocycles. The fraction of sp³-hybridized carbons (Fsp3) is 0.241. The SMILES string of the molecule is CC1(C)CB(c2ccc3sc4cc(-c5cccc6ccccc56)ccc4c3c2)OC1(C)C. The van der Waals surface area contributed by atoms with E-state index in [0.717, 1.165) is 6.32 Å². The Balaban J connectivity index is 1.45. The average Bonchev–Trinajstić information content (AvgIpc) is 3.25. The van der Waals surface area contributed by atoms with Crippen LogP contribution in [0.5, 0.6) is 0 Å². The lowest BCUT2D eigenvalue weighted by atomic mass is 9.54. The van der Waals surface area contributed by atoms with Crippen molar-refractivity contribution in [3.05, 3.63) is 78.9 Å². The molecular weight excluding hydrogens is 407 g/mol. The van der Waals surface area contributed by atoms with Crippen LogP contribution in [-0.4, -0.2) is 12.5 Å². The van der Waals surface area contributed by atoms with E-state index in [4.69, 9.17) is 4.65 Å². The quantitative estimate of drug-likeness (QED) is 0.257. The van der Waals surface area contributed by atoms with Gasteiger partial charge in [0.2, 0.25) is 0 Å². The van der Waals surface area contributed by atoms with Gasteiger partial charge in [0, 0.05) is 14.8 Å². The fourth-order valence-electron chi connectivity index (χ4n) is 5.09. The lowest BCUT2D eigenvalue weighted by Gasteiger charge is -2.34. The van der Waals surface area contributed by atoms with Crippen LogP contribution in [0.2, 0.25) is 6.32 Å². The summed E-state index contributed by atoms with van der Waals surface area (Å²) in [7, 11) is 0. The second-order valence-electron chi connectivity index (χ2n) is 10.3. The summed E-state index contributed by atoms with van der Waals surface area (Å²) in [6, 6.07) is 29.1. The zero-order valence-corrected chi connectivity index (χ0v) is 19.9. The second kappa shape index (κ2) is 6.94. The molecule has 0 atom stereocenters. The zero-order valence-electron chi connectivity index (χ0n) is 19.1. The number of fused-ring (bicyclic) bond motifs is 4. The minimum atomic E-state index is -0.114. The first-order valence-electron chi connectivity index (χ1n) is 11.4. The third kappa shape index (κ3) is 3.03. The molecule has 0 N–H and O–H groups in total. The predicted octanol–water partition coefficient (Wildman–Crippen LogP) is 7.91. The number of benzene rings is 4. The minimum absolute atomic E-state index is 0.114. The largest absolute Gasteiger partial charge is 0.426 e. The molecule has 2 heterocycles. The van der Waals surface area contributed by atoms with Gasteiger partial charge in [-0.05, 0) is 70.5 Å². The van der Waals surface area contributed by atoms with Crippen LogP contribution in [0, 0.1) is 5.41 Å². The number of hydrogen-bond donors (Lipinski definition) is 0. The normalized spacial score (nSPS) is 17.6. The molecule has 1 saturated heterocycles. The number of thiophene rings is 1. The maximum atomic E-state index is 6.51. The Labute approximate surface area is 194 Å². The van der Waals surface area contributed by atoms with Crippen LogP contribution in [-0.2, 0) is 4.65 Å². The highest BCUT2D eigenvalue weighted by atomic mass is 32.1. The molecule has 5 aromatic rings. The highest BCUT2D eigenvalue weighted by Gasteiger charge is 2.49. The first kappa shape index (κ1) is 20.0. The van der Waals surface area contributed by atoms with E-state index in [9.17, 15) is 0 Å². The van der Waals surface area contributed by atoms with Crippen LogP contribution in [0.3, 0.4) is 0 Å². The smallest absolute Gasteiger partial charge is 0.327 e. The molecule has 1 aliphatic heterocycles. The van der Waals surface area contributed by atoms with Crippen molar-refractivity contribution in [1.29, 1.82) is 0 Å². The van der Waals surface area contributed by atoms with Gasteiger partial charge in [-0.25, -0.2) is 0 Å². The molecule has 0 unspecified atom stereocenters. The monoisotopic (exact) mass is 434 g/mol. The average molecular weight is 434 g/mol. The molecule has 0 spiro atoms. The summed E-state index contributed by atoms with van der Waals surface area (Å²) in [6.07, 6.45) is 1.05. The number of hydrogen-bond acceptors (Lipinski definition) is 2. The van der Waals surface area contributed by atoms with Crippen molar-refractivity contribution in [2.45, 2.75) is 39.6 Å². The fourth-order valence-corrected chi connectivity index (χ4v) is 6.22. The van der Waals surface area contributed by atoms with Gasteiger partial charge in [0.15, 0.2) is 0 Å². The van der Waals surface area contributed by atoms with Gasteiger partial charge in [0.05, 0.1) is 5.60 Å². The second-order valence-corrected chi connectivity index (χ2v) is 11.4. The summed E-state index contributed by atoms with van der Waals surface area (Å²) in [5, 5.41) is 5.28. The maximum absolute atomic E-state index is 6.51. The van der Waals surface area contributed by atoms with E-state index in [1.54, 1.807) is 0 Å². The Hall–Kier alpha value is -2.62. The van der Waals surface area contributed by atoms with Gasteiger partial charge < -0.3 is 4.65 Å². The molecule has 0 bridgehead atoms. The molecule has 32 heavy (non-hydrogen) atoms. The van der Waals surface area contributed by atoms with E-state index >= 15 is 0 Å². The third-order valence-corrected chi connectivity index (χ3v) is 8.86. The maximum Gasteiger partial charge on any atom is 0.327 e. The van der Waals surface area contributed by atoms with E-state index in [0.29, 0.717) is 0 Å². The standard InChI is InChI=1S/C29H27BOS/c1-28(2)18-30(31-29(28,3)4)21-13-15-26-25(17-21)24-14-12-20(16-27(24)32-26)23-11-7-9-19-8-5-6-10-22(19)23/h5-17H,18H2,1-4H3. The molecule has 1 fully saturated rings. The van der Waals surface area contributed by atoms with Crippen LogP contribution >= 0.6 is 11.3 Å². The lowest BCUT2D eigenvalue weighted by Crippen LogP contribution is -2.36. The van der Waals surface area contributed by atoms with Gasteiger partial charge in [-0.2, -0.15) is 0 Å². The Morgan fingerprint density at radius 1 is 0.750 bits per heavy atom. The molecule has 0 radical (unpaired) electrons. The van der Waals surface area contributed by atoms with Crippen LogP contribution in [0.25, 0.3) is 42.1 Å². The molecule has 4 aromatic carbocycles. The highest BCUT2D eigenvalue weighted by molar-refractivity contribution is 7.25. The highest BCUT2D eigenvalue weighted by Crippen LogP contribution is 2.45. The third-order valence-electron chi connectivity index (χ3n) is 7.73. The molecule has 3 heteroatoms. The van der Waals surface area contributed by atoms with Crippen molar-refractivity contribution >= 4 is 54.7 Å². The summed E-state index contributed by atoms with van der Waals surface area (Å²) < 4.78 is 9.19. The Kier molecular flexibility index (Phi) is 4.34. The first-order valence-corrected chi connectivity index (χ1v) is 12.3. The summed E-state index contributed by atoms with van der Waals surface area (Å²) in [6.45, 7) is 9.25. The van der Waals surface area contributed by atoms with Crippen molar-refractivity contribution < 1.29 is 4.65 Å². The van der Waals surface area contributed by atoms with Crippen LogP contribution in [0.1, 0.15) is 27.7 Å². The van der Waals surface area contributed by atoms with Crippen molar-refractivity contribution in [3.63, 3.8) is 0 Å². The van der Waals surface area contributed by atoms with Crippen LogP contribution in [0.15, 0.2) is 78.9 Å². The molecule has 0 amide bonds. The molecular formula is C29H27BOS. The van der Waals surface area contributed by atoms with Gasteiger partial charge in [0.25, 0.3) is 0 Å². The van der Waals surface area contributed by atoms with Crippen LogP contribution in [0.4, 0.5) is 0 Å². The van der Waals surface area contributed by atoms with E-state index in [-0.39, 0.29) is 17.9 Å². The van der Waals surface area contributed by atoms with E-state index in [1.165, 1.54) is 47.5 Å². The van der Waals surface area contributed by atoms with Gasteiger partial charge in [-0.1, -0.05) is 80.6 Å². The molecule has 0 saturated carbocycles. The van der Waals surface area contributed by atoms with Gasteiger partial charge in [-0.15, -0.1) is 11.3 Å². The zero-order chi connectivity index (χ0) is 22.1. The summed E-state index contributed by atoms with van der Waals surface area (Å²) >= 11 is 1.89. The number of rotatable bonds is 2. The van der Waals surface area contributed by atoms with Crippen molar-refractivity contribution in [1.82, 2.24) is 0 Å². The van der Waals surface area contributed by atoms with Crippen molar-refractivity contribution in [2.75, 3.05) is 0 Å².